The first-order valence-corrected chi connectivity index (χ1v) is 12.7. The van der Waals surface area contributed by atoms with Gasteiger partial charge in [-0.3, -0.25) is 9.05 Å². The molecule has 0 saturated heterocycles. The van der Waals surface area contributed by atoms with Crippen LogP contribution in [0.1, 0.15) is 12.5 Å². The Morgan fingerprint density at radius 2 is 1.90 bits per heavy atom. The van der Waals surface area contributed by atoms with E-state index in [0.29, 0.717) is 16.8 Å². The van der Waals surface area contributed by atoms with Crippen LogP contribution in [-0.2, 0) is 23.1 Å². The summed E-state index contributed by atoms with van der Waals surface area (Å²) in [6.45, 7) is 7.09. The van der Waals surface area contributed by atoms with Crippen LogP contribution in [0.2, 0.25) is 0 Å². The van der Waals surface area contributed by atoms with Gasteiger partial charge in [0.1, 0.15) is 38.2 Å². The van der Waals surface area contributed by atoms with Gasteiger partial charge in [-0.2, -0.15) is 0 Å². The van der Waals surface area contributed by atoms with Crippen molar-refractivity contribution in [2.24, 2.45) is 0 Å². The molecule has 0 heterocycles. The van der Waals surface area contributed by atoms with Gasteiger partial charge in [0.05, 0.1) is 24.7 Å². The van der Waals surface area contributed by atoms with Gasteiger partial charge in [0.2, 0.25) is 0 Å². The van der Waals surface area contributed by atoms with Gasteiger partial charge in [-0.25, -0.2) is 9.36 Å². The molecule has 30 heavy (non-hydrogen) atoms. The Kier molecular flexibility index (Phi) is 11.2. The molecular formula is C19H29I2NO7P+. The topological polar surface area (TPSA) is 91.3 Å². The second kappa shape index (κ2) is 12.1. The molecule has 0 radical (unpaired) electrons. The standard InChI is InChI=1S/C19H28I2NO7P/c1-13(2)19(23)27-12-16(29-30(24,25)28-8-7-22(4,5)6)11-26-18-14(3)9-15(20)10-17(18)21/h9-10,16H,1,7-8,11-12H2,2-6H3/p+1. The summed E-state index contributed by atoms with van der Waals surface area (Å²) in [6.07, 6.45) is -1.01. The molecule has 11 heteroatoms. The van der Waals surface area contributed by atoms with Crippen LogP contribution >= 0.6 is 53.0 Å². The number of hydrogen-bond donors (Lipinski definition) is 1. The van der Waals surface area contributed by atoms with Crippen LogP contribution in [0.15, 0.2) is 24.3 Å². The van der Waals surface area contributed by atoms with Gasteiger partial charge in [-0.15, -0.1) is 0 Å². The van der Waals surface area contributed by atoms with E-state index < -0.39 is 19.9 Å². The molecule has 8 nitrogen and oxygen atoms in total. The highest BCUT2D eigenvalue weighted by atomic mass is 127. The number of aryl methyl sites for hydroxylation is 1. The second-order valence-electron chi connectivity index (χ2n) is 7.77. The number of rotatable bonds is 12. The molecule has 0 aromatic heterocycles. The highest BCUT2D eigenvalue weighted by molar-refractivity contribution is 14.1. The SMILES string of the molecule is C=C(C)C(=O)OCC(COc1c(C)cc(I)cc1I)OP(=O)(O)OCC[N+](C)(C)C. The average molecular weight is 668 g/mol. The van der Waals surface area contributed by atoms with Gasteiger partial charge < -0.3 is 18.9 Å². The molecule has 1 aromatic rings. The van der Waals surface area contributed by atoms with E-state index >= 15 is 0 Å². The Balaban J connectivity index is 2.85. The molecule has 1 rings (SSSR count). The van der Waals surface area contributed by atoms with E-state index in [2.05, 4.69) is 51.8 Å². The van der Waals surface area contributed by atoms with Crippen molar-refractivity contribution in [1.29, 1.82) is 0 Å². The van der Waals surface area contributed by atoms with Crippen LogP contribution in [0.3, 0.4) is 0 Å². The second-order valence-corrected chi connectivity index (χ2v) is 11.6. The first-order valence-electron chi connectivity index (χ1n) is 9.07. The lowest BCUT2D eigenvalue weighted by molar-refractivity contribution is -0.870. The number of carbonyl (C=O) groups is 1. The molecule has 0 saturated carbocycles. The summed E-state index contributed by atoms with van der Waals surface area (Å²) in [5.41, 5.74) is 1.12. The summed E-state index contributed by atoms with van der Waals surface area (Å²) < 4.78 is 36.1. The number of carbonyl (C=O) groups excluding carboxylic acids is 1. The number of halogens is 2. The third-order valence-corrected chi connectivity index (χ3v) is 6.15. The highest BCUT2D eigenvalue weighted by Gasteiger charge is 2.29. The van der Waals surface area contributed by atoms with Crippen LogP contribution in [0, 0.1) is 14.1 Å². The summed E-state index contributed by atoms with van der Waals surface area (Å²) in [5.74, 6) is 0.0110. The molecule has 2 atom stereocenters. The summed E-state index contributed by atoms with van der Waals surface area (Å²) in [6, 6.07) is 3.91. The minimum atomic E-state index is -4.38. The van der Waals surface area contributed by atoms with Crippen LogP contribution in [0.4, 0.5) is 0 Å². The predicted octanol–water partition coefficient (Wildman–Crippen LogP) is 3.91. The lowest BCUT2D eigenvalue weighted by atomic mass is 10.2. The molecule has 0 bridgehead atoms. The summed E-state index contributed by atoms with van der Waals surface area (Å²) in [4.78, 5) is 21.8. The number of quaternary nitrogens is 1. The number of likely N-dealkylation sites (N-methyl/N-ethyl adjacent to an activating group) is 1. The van der Waals surface area contributed by atoms with Gasteiger partial charge in [-0.05, 0) is 76.7 Å². The Labute approximate surface area is 205 Å². The van der Waals surface area contributed by atoms with Crippen molar-refractivity contribution >= 4 is 59.0 Å². The number of benzene rings is 1. The summed E-state index contributed by atoms with van der Waals surface area (Å²) >= 11 is 4.37. The maximum absolute atomic E-state index is 12.4. The van der Waals surface area contributed by atoms with E-state index in [9.17, 15) is 14.3 Å². The lowest BCUT2D eigenvalue weighted by Gasteiger charge is -2.25. The Hall–Kier alpha value is -0.240. The van der Waals surface area contributed by atoms with Crippen LogP contribution in [0.5, 0.6) is 5.75 Å². The normalized spacial score (nSPS) is 14.7. The van der Waals surface area contributed by atoms with E-state index in [-0.39, 0.29) is 25.4 Å². The molecule has 0 spiro atoms. The van der Waals surface area contributed by atoms with Crippen molar-refractivity contribution in [3.8, 4) is 5.75 Å². The van der Waals surface area contributed by atoms with Crippen molar-refractivity contribution in [2.45, 2.75) is 20.0 Å². The van der Waals surface area contributed by atoms with Gasteiger partial charge in [0, 0.05) is 9.14 Å². The maximum Gasteiger partial charge on any atom is 0.472 e. The fraction of sp³-hybridized carbons (Fsp3) is 0.526. The van der Waals surface area contributed by atoms with Gasteiger partial charge >= 0.3 is 13.8 Å². The van der Waals surface area contributed by atoms with Crippen LogP contribution < -0.4 is 4.74 Å². The predicted molar refractivity (Wildman–Crippen MR) is 131 cm³/mol. The molecular weight excluding hydrogens is 639 g/mol. The zero-order valence-electron chi connectivity index (χ0n) is 17.8. The maximum atomic E-state index is 12.4. The monoisotopic (exact) mass is 668 g/mol. The number of phosphoric ester groups is 1. The third kappa shape index (κ3) is 10.9. The van der Waals surface area contributed by atoms with E-state index in [0.717, 1.165) is 12.7 Å². The zero-order chi connectivity index (χ0) is 23.1. The minimum Gasteiger partial charge on any atom is -0.489 e. The molecule has 1 aromatic carbocycles. The van der Waals surface area contributed by atoms with Crippen LogP contribution in [-0.4, -0.2) is 69.0 Å². The Morgan fingerprint density at radius 1 is 1.27 bits per heavy atom. The summed E-state index contributed by atoms with van der Waals surface area (Å²) in [5, 5.41) is 0. The molecule has 0 aliphatic heterocycles. The number of nitrogens with zero attached hydrogens (tertiary/aromatic N) is 1. The highest BCUT2D eigenvalue weighted by Crippen LogP contribution is 2.44. The Morgan fingerprint density at radius 3 is 2.43 bits per heavy atom. The molecule has 170 valence electrons. The molecule has 2 unspecified atom stereocenters. The van der Waals surface area contributed by atoms with E-state index in [1.807, 2.05) is 40.2 Å². The lowest BCUT2D eigenvalue weighted by Crippen LogP contribution is -2.37. The minimum absolute atomic E-state index is 0.0323. The van der Waals surface area contributed by atoms with Gasteiger partial charge in [-0.1, -0.05) is 6.58 Å². The van der Waals surface area contributed by atoms with Gasteiger partial charge in [0.25, 0.3) is 0 Å². The van der Waals surface area contributed by atoms with Crippen molar-refractivity contribution in [3.63, 3.8) is 0 Å². The smallest absolute Gasteiger partial charge is 0.472 e. The molecule has 0 aliphatic carbocycles. The van der Waals surface area contributed by atoms with Crippen molar-refractivity contribution in [1.82, 2.24) is 0 Å². The van der Waals surface area contributed by atoms with Gasteiger partial charge in [0.15, 0.2) is 0 Å². The largest absolute Gasteiger partial charge is 0.489 e. The van der Waals surface area contributed by atoms with Crippen molar-refractivity contribution in [2.75, 3.05) is 47.5 Å². The number of esters is 1. The molecule has 0 aliphatic rings. The molecule has 0 fully saturated rings. The van der Waals surface area contributed by atoms with Crippen molar-refractivity contribution < 1.29 is 37.3 Å². The average Bonchev–Trinajstić information content (AvgIpc) is 2.56. The molecule has 1 N–H and O–H groups in total. The molecule has 0 amide bonds. The number of phosphoric acid groups is 1. The fourth-order valence-electron chi connectivity index (χ4n) is 2.10. The Bertz CT molecular complexity index is 788. The quantitative estimate of drug-likeness (QED) is 0.119. The first-order chi connectivity index (χ1) is 13.7. The third-order valence-electron chi connectivity index (χ3n) is 3.66. The van der Waals surface area contributed by atoms with Crippen molar-refractivity contribution in [3.05, 3.63) is 37.0 Å². The zero-order valence-corrected chi connectivity index (χ0v) is 23.0. The first kappa shape index (κ1) is 27.8. The van der Waals surface area contributed by atoms with E-state index in [4.69, 9.17) is 18.5 Å². The number of hydrogen-bond acceptors (Lipinski definition) is 6. The number of ether oxygens (including phenoxy) is 2. The fourth-order valence-corrected chi connectivity index (χ4v) is 5.26. The van der Waals surface area contributed by atoms with Crippen LogP contribution in [0.25, 0.3) is 0 Å². The summed E-state index contributed by atoms with van der Waals surface area (Å²) in [7, 11) is 1.43. The van der Waals surface area contributed by atoms with E-state index in [1.54, 1.807) is 0 Å². The van der Waals surface area contributed by atoms with E-state index in [1.165, 1.54) is 6.92 Å².